The molecule has 1 atom stereocenters. The molecule has 2 amide bonds. The van der Waals surface area contributed by atoms with E-state index in [2.05, 4.69) is 5.32 Å². The molecule has 0 spiro atoms. The molecule has 0 saturated carbocycles. The predicted molar refractivity (Wildman–Crippen MR) is 158 cm³/mol. The molecule has 40 heavy (non-hydrogen) atoms. The van der Waals surface area contributed by atoms with Crippen LogP contribution >= 0.6 is 0 Å². The second kappa shape index (κ2) is 13.0. The lowest BCUT2D eigenvalue weighted by atomic mass is 10.1. The van der Waals surface area contributed by atoms with Crippen LogP contribution in [0.1, 0.15) is 45.2 Å². The van der Waals surface area contributed by atoms with Crippen molar-refractivity contribution in [3.8, 4) is 5.75 Å². The van der Waals surface area contributed by atoms with Gasteiger partial charge in [0.05, 0.1) is 17.7 Å². The second-order valence-electron chi connectivity index (χ2n) is 10.7. The lowest BCUT2D eigenvalue weighted by Gasteiger charge is -2.34. The summed E-state index contributed by atoms with van der Waals surface area (Å²) in [5, 5.41) is 2.98. The quantitative estimate of drug-likeness (QED) is 0.356. The summed E-state index contributed by atoms with van der Waals surface area (Å²) in [4.78, 5) is 29.0. The van der Waals surface area contributed by atoms with Crippen LogP contribution in [0.2, 0.25) is 0 Å². The summed E-state index contributed by atoms with van der Waals surface area (Å²) in [7, 11) is -2.65. The first kappa shape index (κ1) is 30.7. The van der Waals surface area contributed by atoms with E-state index in [9.17, 15) is 18.0 Å². The van der Waals surface area contributed by atoms with Crippen LogP contribution in [-0.4, -0.2) is 50.4 Å². The van der Waals surface area contributed by atoms with Crippen LogP contribution in [-0.2, 0) is 26.2 Å². The number of ether oxygens (including phenoxy) is 1. The summed E-state index contributed by atoms with van der Waals surface area (Å²) in [5.41, 5.74) is 1.67. The van der Waals surface area contributed by atoms with Gasteiger partial charge in [0.25, 0.3) is 10.0 Å². The Balaban J connectivity index is 2.07. The number of hydrogen-bond donors (Lipinski definition) is 1. The summed E-state index contributed by atoms with van der Waals surface area (Å²) in [6.07, 6.45) is 0.351. The van der Waals surface area contributed by atoms with Crippen LogP contribution in [0.4, 0.5) is 5.69 Å². The fraction of sp³-hybridized carbons (Fsp3) is 0.355. The van der Waals surface area contributed by atoms with Crippen molar-refractivity contribution < 1.29 is 22.7 Å². The van der Waals surface area contributed by atoms with Crippen LogP contribution in [0.5, 0.6) is 5.75 Å². The minimum atomic E-state index is -4.14. The van der Waals surface area contributed by atoms with Crippen molar-refractivity contribution in [3.63, 3.8) is 0 Å². The van der Waals surface area contributed by atoms with Crippen molar-refractivity contribution in [1.29, 1.82) is 0 Å². The third-order valence-electron chi connectivity index (χ3n) is 6.31. The Hall–Kier alpha value is -3.85. The Morgan fingerprint density at radius 2 is 1.60 bits per heavy atom. The lowest BCUT2D eigenvalue weighted by molar-refractivity contribution is -0.141. The average Bonchev–Trinajstić information content (AvgIpc) is 2.92. The number of sulfonamides is 1. The molecule has 0 fully saturated rings. The maximum Gasteiger partial charge on any atom is 0.264 e. The van der Waals surface area contributed by atoms with Crippen LogP contribution in [0, 0.1) is 6.92 Å². The summed E-state index contributed by atoms with van der Waals surface area (Å²) in [6, 6.07) is 21.4. The monoisotopic (exact) mass is 565 g/mol. The van der Waals surface area contributed by atoms with Gasteiger partial charge in [-0.1, -0.05) is 61.0 Å². The minimum Gasteiger partial charge on any atom is -0.497 e. The number of aryl methyl sites for hydroxylation is 1. The van der Waals surface area contributed by atoms with Crippen LogP contribution < -0.4 is 14.4 Å². The van der Waals surface area contributed by atoms with E-state index < -0.39 is 34.1 Å². The van der Waals surface area contributed by atoms with E-state index in [-0.39, 0.29) is 23.0 Å². The van der Waals surface area contributed by atoms with E-state index in [0.29, 0.717) is 12.2 Å². The number of amides is 2. The molecule has 214 valence electrons. The number of nitrogens with zero attached hydrogens (tertiary/aromatic N) is 2. The molecule has 0 radical (unpaired) electrons. The second-order valence-corrected chi connectivity index (χ2v) is 12.6. The van der Waals surface area contributed by atoms with Gasteiger partial charge in [-0.2, -0.15) is 0 Å². The van der Waals surface area contributed by atoms with E-state index in [1.165, 1.54) is 24.1 Å². The van der Waals surface area contributed by atoms with E-state index >= 15 is 0 Å². The Labute approximate surface area is 238 Å². The van der Waals surface area contributed by atoms with Crippen molar-refractivity contribution >= 4 is 27.5 Å². The topological polar surface area (TPSA) is 96.0 Å². The molecule has 9 heteroatoms. The SMILES string of the molecule is CC[C@H](C(=O)NC(C)(C)C)N(Cc1ccc(C)cc1)C(=O)CN(c1cccc(OC)c1)S(=O)(=O)c1ccccc1. The summed E-state index contributed by atoms with van der Waals surface area (Å²) < 4.78 is 34.2. The zero-order valence-electron chi connectivity index (χ0n) is 24.0. The largest absolute Gasteiger partial charge is 0.497 e. The number of anilines is 1. The molecular formula is C31H39N3O5S. The Morgan fingerprint density at radius 3 is 2.17 bits per heavy atom. The molecule has 0 aliphatic heterocycles. The summed E-state index contributed by atoms with van der Waals surface area (Å²) >= 11 is 0. The molecule has 0 heterocycles. The van der Waals surface area contributed by atoms with Gasteiger partial charge in [-0.05, 0) is 63.9 Å². The van der Waals surface area contributed by atoms with Crippen LogP contribution in [0.15, 0.2) is 83.8 Å². The van der Waals surface area contributed by atoms with Gasteiger partial charge < -0.3 is 15.0 Å². The number of methoxy groups -OCH3 is 1. The van der Waals surface area contributed by atoms with Gasteiger partial charge in [0, 0.05) is 18.2 Å². The zero-order chi connectivity index (χ0) is 29.5. The Bertz CT molecular complexity index is 1400. The van der Waals surface area contributed by atoms with Crippen molar-refractivity contribution in [1.82, 2.24) is 10.2 Å². The maximum atomic E-state index is 14.1. The highest BCUT2D eigenvalue weighted by Gasteiger charge is 2.34. The van der Waals surface area contributed by atoms with Crippen LogP contribution in [0.3, 0.4) is 0 Å². The molecule has 0 aromatic heterocycles. The minimum absolute atomic E-state index is 0.0493. The first-order valence-electron chi connectivity index (χ1n) is 13.2. The molecule has 8 nitrogen and oxygen atoms in total. The van der Waals surface area contributed by atoms with E-state index in [1.807, 2.05) is 58.9 Å². The number of carbonyl (C=O) groups excluding carboxylic acids is 2. The molecule has 3 aromatic carbocycles. The Morgan fingerprint density at radius 1 is 0.950 bits per heavy atom. The first-order valence-corrected chi connectivity index (χ1v) is 14.7. The third-order valence-corrected chi connectivity index (χ3v) is 8.10. The standard InChI is InChI=1S/C31H39N3O5S/c1-7-28(30(36)32-31(3,4)5)33(21-24-18-16-23(2)17-19-24)29(35)22-34(25-12-11-13-26(20-25)39-6)40(37,38)27-14-9-8-10-15-27/h8-20,28H,7,21-22H2,1-6H3,(H,32,36)/t28-/m1/s1. The van der Waals surface area contributed by atoms with E-state index in [4.69, 9.17) is 4.74 Å². The summed E-state index contributed by atoms with van der Waals surface area (Å²) in [6.45, 7) is 9.08. The lowest BCUT2D eigenvalue weighted by Crippen LogP contribution is -2.55. The van der Waals surface area contributed by atoms with Gasteiger partial charge in [-0.25, -0.2) is 8.42 Å². The molecule has 0 bridgehead atoms. The van der Waals surface area contributed by atoms with Crippen molar-refractivity contribution in [3.05, 3.63) is 90.0 Å². The number of nitrogens with one attached hydrogen (secondary N) is 1. The van der Waals surface area contributed by atoms with Crippen molar-refractivity contribution in [2.75, 3.05) is 18.0 Å². The van der Waals surface area contributed by atoms with Gasteiger partial charge >= 0.3 is 0 Å². The summed E-state index contributed by atoms with van der Waals surface area (Å²) in [5.74, 6) is -0.348. The smallest absolute Gasteiger partial charge is 0.264 e. The highest BCUT2D eigenvalue weighted by atomic mass is 32.2. The number of carbonyl (C=O) groups is 2. The first-order chi connectivity index (χ1) is 18.9. The van der Waals surface area contributed by atoms with Gasteiger partial charge in [0.15, 0.2) is 0 Å². The molecule has 1 N–H and O–H groups in total. The van der Waals surface area contributed by atoms with Crippen molar-refractivity contribution in [2.45, 2.75) is 64.1 Å². The fourth-order valence-electron chi connectivity index (χ4n) is 4.28. The fourth-order valence-corrected chi connectivity index (χ4v) is 5.70. The van der Waals surface area contributed by atoms with Crippen LogP contribution in [0.25, 0.3) is 0 Å². The molecule has 0 unspecified atom stereocenters. The third kappa shape index (κ3) is 7.85. The highest BCUT2D eigenvalue weighted by Crippen LogP contribution is 2.28. The molecule has 0 aliphatic rings. The van der Waals surface area contributed by atoms with Crippen molar-refractivity contribution in [2.24, 2.45) is 0 Å². The van der Waals surface area contributed by atoms with Gasteiger partial charge in [-0.15, -0.1) is 0 Å². The predicted octanol–water partition coefficient (Wildman–Crippen LogP) is 4.92. The molecule has 3 aromatic rings. The van der Waals surface area contributed by atoms with Gasteiger partial charge in [0.1, 0.15) is 18.3 Å². The normalized spacial score (nSPS) is 12.3. The molecule has 0 saturated heterocycles. The van der Waals surface area contributed by atoms with Gasteiger partial charge in [-0.3, -0.25) is 13.9 Å². The molecular weight excluding hydrogens is 526 g/mol. The van der Waals surface area contributed by atoms with Gasteiger partial charge in [0.2, 0.25) is 11.8 Å². The maximum absolute atomic E-state index is 14.1. The number of benzene rings is 3. The molecule has 3 rings (SSSR count). The number of rotatable bonds is 11. The average molecular weight is 566 g/mol. The van der Waals surface area contributed by atoms with E-state index in [0.717, 1.165) is 15.4 Å². The molecule has 0 aliphatic carbocycles. The Kier molecular flexibility index (Phi) is 9.98. The number of hydrogen-bond acceptors (Lipinski definition) is 5. The highest BCUT2D eigenvalue weighted by molar-refractivity contribution is 7.92. The zero-order valence-corrected chi connectivity index (χ0v) is 24.9. The van der Waals surface area contributed by atoms with E-state index in [1.54, 1.807) is 42.5 Å².